The summed E-state index contributed by atoms with van der Waals surface area (Å²) in [6, 6.07) is 7.85. The van der Waals surface area contributed by atoms with Gasteiger partial charge in [0.05, 0.1) is 6.54 Å². The first kappa shape index (κ1) is 19.2. The molecule has 0 spiro atoms. The van der Waals surface area contributed by atoms with Crippen LogP contribution in [0.4, 0.5) is 0 Å². The molecule has 3 aromatic heterocycles. The predicted octanol–water partition coefficient (Wildman–Crippen LogP) is 1.38. The molecule has 0 saturated heterocycles. The molecule has 0 aliphatic rings. The molecule has 0 fully saturated rings. The Kier molecular flexibility index (Phi) is 4.66. The van der Waals surface area contributed by atoms with Crippen molar-refractivity contribution in [1.82, 2.24) is 28.0 Å². The average Bonchev–Trinajstić information content (AvgIpc) is 3.16. The van der Waals surface area contributed by atoms with E-state index >= 15 is 0 Å². The molecule has 0 N–H and O–H groups in total. The second-order valence-corrected chi connectivity index (χ2v) is 7.90. The van der Waals surface area contributed by atoms with Crippen molar-refractivity contribution in [2.24, 2.45) is 7.05 Å². The number of benzene rings is 1. The Labute approximate surface area is 168 Å². The number of fused-ring (bicyclic) bond motifs is 3. The highest BCUT2D eigenvalue weighted by molar-refractivity contribution is 5.75. The van der Waals surface area contributed by atoms with Crippen molar-refractivity contribution < 1.29 is 0 Å². The minimum absolute atomic E-state index is 0.233. The summed E-state index contributed by atoms with van der Waals surface area (Å²) >= 11 is 0. The first-order chi connectivity index (χ1) is 13.8. The van der Waals surface area contributed by atoms with Crippen molar-refractivity contribution in [2.75, 3.05) is 20.6 Å². The van der Waals surface area contributed by atoms with Crippen molar-refractivity contribution in [3.8, 4) is 0 Å². The number of imidazole rings is 2. The summed E-state index contributed by atoms with van der Waals surface area (Å²) in [5.41, 5.74) is 3.20. The largest absolute Gasteiger partial charge is 0.332 e. The highest BCUT2D eigenvalue weighted by Crippen LogP contribution is 2.16. The summed E-state index contributed by atoms with van der Waals surface area (Å²) in [5.74, 6) is 0.680. The van der Waals surface area contributed by atoms with Crippen molar-refractivity contribution in [3.63, 3.8) is 0 Å². The molecule has 0 amide bonds. The van der Waals surface area contributed by atoms with Gasteiger partial charge in [0.1, 0.15) is 0 Å². The van der Waals surface area contributed by atoms with Crippen LogP contribution in [0.3, 0.4) is 0 Å². The summed E-state index contributed by atoms with van der Waals surface area (Å²) in [7, 11) is 5.71. The summed E-state index contributed by atoms with van der Waals surface area (Å²) in [6.45, 7) is 5.84. The summed E-state index contributed by atoms with van der Waals surface area (Å²) in [4.78, 5) is 33.0. The van der Waals surface area contributed by atoms with Gasteiger partial charge in [-0.25, -0.2) is 4.79 Å². The number of likely N-dealkylation sites (N-methyl/N-ethyl adjacent to an activating group) is 1. The maximum absolute atomic E-state index is 13.3. The zero-order valence-electron chi connectivity index (χ0n) is 17.5. The van der Waals surface area contributed by atoms with Gasteiger partial charge in [-0.2, -0.15) is 4.98 Å². The molecule has 4 rings (SSSR count). The molecule has 0 unspecified atom stereocenters. The standard InChI is InChI=1S/C21H26N6O2/c1-14-7-6-8-16(11-14)13-27-19(28)17-18(24(5)21(27)29)22-20-25(10-9-23(3)4)15(2)12-26(17)20/h6-8,11-12H,9-10,13H2,1-5H3. The monoisotopic (exact) mass is 394 g/mol. The zero-order valence-corrected chi connectivity index (χ0v) is 17.5. The van der Waals surface area contributed by atoms with E-state index < -0.39 is 0 Å². The number of aromatic nitrogens is 5. The Morgan fingerprint density at radius 1 is 1.10 bits per heavy atom. The molecule has 152 valence electrons. The fourth-order valence-electron chi connectivity index (χ4n) is 3.76. The molecular weight excluding hydrogens is 368 g/mol. The van der Waals surface area contributed by atoms with Gasteiger partial charge in [-0.1, -0.05) is 29.8 Å². The minimum Gasteiger partial charge on any atom is -0.313 e. The van der Waals surface area contributed by atoms with Crippen LogP contribution in [0.15, 0.2) is 40.1 Å². The Morgan fingerprint density at radius 3 is 2.55 bits per heavy atom. The quantitative estimate of drug-likeness (QED) is 0.513. The minimum atomic E-state index is -0.360. The van der Waals surface area contributed by atoms with Crippen molar-refractivity contribution >= 4 is 16.9 Å². The molecule has 29 heavy (non-hydrogen) atoms. The van der Waals surface area contributed by atoms with Crippen LogP contribution in [0, 0.1) is 13.8 Å². The number of rotatable bonds is 5. The van der Waals surface area contributed by atoms with Crippen molar-refractivity contribution in [1.29, 1.82) is 0 Å². The lowest BCUT2D eigenvalue weighted by Crippen LogP contribution is -2.39. The number of nitrogens with zero attached hydrogens (tertiary/aromatic N) is 6. The van der Waals surface area contributed by atoms with E-state index in [-0.39, 0.29) is 17.8 Å². The highest BCUT2D eigenvalue weighted by Gasteiger charge is 2.20. The van der Waals surface area contributed by atoms with E-state index in [1.54, 1.807) is 7.05 Å². The van der Waals surface area contributed by atoms with E-state index in [1.165, 1.54) is 9.13 Å². The van der Waals surface area contributed by atoms with Gasteiger partial charge in [0.15, 0.2) is 11.2 Å². The Morgan fingerprint density at radius 2 is 1.86 bits per heavy atom. The maximum atomic E-state index is 13.3. The molecule has 0 aliphatic heterocycles. The molecule has 1 aromatic carbocycles. The van der Waals surface area contributed by atoms with Crippen LogP contribution in [0.5, 0.6) is 0 Å². The fourth-order valence-corrected chi connectivity index (χ4v) is 3.76. The second-order valence-electron chi connectivity index (χ2n) is 7.90. The van der Waals surface area contributed by atoms with Crippen LogP contribution in [0.2, 0.25) is 0 Å². The normalized spacial score (nSPS) is 11.9. The van der Waals surface area contributed by atoms with Crippen molar-refractivity contribution in [3.05, 3.63) is 68.1 Å². The molecule has 0 atom stereocenters. The van der Waals surface area contributed by atoms with Gasteiger partial charge in [0.2, 0.25) is 5.78 Å². The van der Waals surface area contributed by atoms with E-state index in [1.807, 2.05) is 62.8 Å². The van der Waals surface area contributed by atoms with Gasteiger partial charge in [-0.15, -0.1) is 0 Å². The number of aryl methyl sites for hydroxylation is 3. The molecule has 0 saturated carbocycles. The third-order valence-corrected chi connectivity index (χ3v) is 5.33. The van der Waals surface area contributed by atoms with Gasteiger partial charge >= 0.3 is 5.69 Å². The Bertz CT molecular complexity index is 1340. The molecule has 4 aromatic rings. The van der Waals surface area contributed by atoms with Crippen molar-refractivity contribution in [2.45, 2.75) is 26.9 Å². The Hall–Kier alpha value is -3.13. The summed E-state index contributed by atoms with van der Waals surface area (Å²) in [5, 5.41) is 0. The van der Waals surface area contributed by atoms with E-state index in [4.69, 9.17) is 0 Å². The van der Waals surface area contributed by atoms with Gasteiger partial charge in [-0.3, -0.25) is 18.3 Å². The van der Waals surface area contributed by atoms with Gasteiger partial charge in [-0.05, 0) is 33.5 Å². The van der Waals surface area contributed by atoms with Crippen LogP contribution in [-0.4, -0.2) is 48.6 Å². The summed E-state index contributed by atoms with van der Waals surface area (Å²) in [6.07, 6.45) is 1.92. The third kappa shape index (κ3) is 3.19. The molecule has 0 radical (unpaired) electrons. The van der Waals surface area contributed by atoms with Gasteiger partial charge in [0.25, 0.3) is 5.56 Å². The lowest BCUT2D eigenvalue weighted by Gasteiger charge is -2.11. The topological polar surface area (TPSA) is 69.5 Å². The molecule has 8 heteroatoms. The van der Waals surface area contributed by atoms with E-state index in [9.17, 15) is 9.59 Å². The van der Waals surface area contributed by atoms with Crippen LogP contribution in [-0.2, 0) is 20.1 Å². The molecule has 0 bridgehead atoms. The predicted molar refractivity (Wildman–Crippen MR) is 114 cm³/mol. The van der Waals surface area contributed by atoms with Gasteiger partial charge in [0, 0.05) is 32.0 Å². The van der Waals surface area contributed by atoms with Crippen LogP contribution < -0.4 is 11.2 Å². The highest BCUT2D eigenvalue weighted by atomic mass is 16.2. The third-order valence-electron chi connectivity index (χ3n) is 5.33. The first-order valence-corrected chi connectivity index (χ1v) is 9.66. The maximum Gasteiger partial charge on any atom is 0.332 e. The van der Waals surface area contributed by atoms with E-state index in [0.29, 0.717) is 16.9 Å². The lowest BCUT2D eigenvalue weighted by molar-refractivity contribution is 0.384. The number of hydrogen-bond donors (Lipinski definition) is 0. The molecular formula is C21H26N6O2. The molecule has 3 heterocycles. The lowest BCUT2D eigenvalue weighted by atomic mass is 10.1. The van der Waals surface area contributed by atoms with E-state index in [0.717, 1.165) is 29.9 Å². The molecule has 0 aliphatic carbocycles. The van der Waals surface area contributed by atoms with Crippen LogP contribution in [0.25, 0.3) is 16.9 Å². The average molecular weight is 394 g/mol. The fraction of sp³-hybridized carbons (Fsp3) is 0.381. The first-order valence-electron chi connectivity index (χ1n) is 9.66. The SMILES string of the molecule is Cc1cccc(Cn2c(=O)c3c(nc4n(CCN(C)C)c(C)cn34)n(C)c2=O)c1. The number of hydrogen-bond acceptors (Lipinski definition) is 4. The van der Waals surface area contributed by atoms with E-state index in [2.05, 4.69) is 14.5 Å². The second kappa shape index (κ2) is 7.04. The van der Waals surface area contributed by atoms with Crippen LogP contribution >= 0.6 is 0 Å². The molecule has 8 nitrogen and oxygen atoms in total. The van der Waals surface area contributed by atoms with Gasteiger partial charge < -0.3 is 9.47 Å². The smallest absolute Gasteiger partial charge is 0.313 e. The van der Waals surface area contributed by atoms with Crippen LogP contribution in [0.1, 0.15) is 16.8 Å². The summed E-state index contributed by atoms with van der Waals surface area (Å²) < 4.78 is 6.65. The Balaban J connectivity index is 1.94. The zero-order chi connectivity index (χ0) is 20.9.